The summed E-state index contributed by atoms with van der Waals surface area (Å²) in [6.45, 7) is 2.13. The average molecular weight is 218 g/mol. The molecular formula is C14H18O2. The summed E-state index contributed by atoms with van der Waals surface area (Å²) in [6.07, 6.45) is 3.67. The monoisotopic (exact) mass is 218 g/mol. The lowest BCUT2D eigenvalue weighted by Gasteiger charge is -2.15. The van der Waals surface area contributed by atoms with E-state index in [1.807, 2.05) is 6.07 Å². The van der Waals surface area contributed by atoms with E-state index in [-0.39, 0.29) is 12.3 Å². The molecule has 0 aliphatic heterocycles. The van der Waals surface area contributed by atoms with Crippen molar-refractivity contribution in [1.82, 2.24) is 0 Å². The van der Waals surface area contributed by atoms with Gasteiger partial charge in [-0.3, -0.25) is 4.79 Å². The van der Waals surface area contributed by atoms with Gasteiger partial charge in [0.05, 0.1) is 6.42 Å². The number of carbonyl (C=O) groups is 1. The molecule has 0 bridgehead atoms. The molecule has 0 saturated heterocycles. The van der Waals surface area contributed by atoms with Gasteiger partial charge in [0.15, 0.2) is 0 Å². The summed E-state index contributed by atoms with van der Waals surface area (Å²) in [6, 6.07) is 8.40. The van der Waals surface area contributed by atoms with E-state index in [9.17, 15) is 4.79 Å². The van der Waals surface area contributed by atoms with Gasteiger partial charge in [0.2, 0.25) is 0 Å². The second kappa shape index (κ2) is 4.69. The van der Waals surface area contributed by atoms with Crippen LogP contribution in [0.3, 0.4) is 0 Å². The first-order valence-corrected chi connectivity index (χ1v) is 6.01. The SMILES string of the molecule is CCc1cccc(C(CC(=O)O)C2CC2)c1. The number of rotatable bonds is 5. The van der Waals surface area contributed by atoms with Crippen molar-refractivity contribution in [1.29, 1.82) is 0 Å². The number of carboxylic acids is 1. The van der Waals surface area contributed by atoms with E-state index in [0.717, 1.165) is 6.42 Å². The molecule has 0 heterocycles. The van der Waals surface area contributed by atoms with Crippen molar-refractivity contribution < 1.29 is 9.90 Å². The van der Waals surface area contributed by atoms with Gasteiger partial charge in [-0.2, -0.15) is 0 Å². The van der Waals surface area contributed by atoms with Crippen LogP contribution in [0, 0.1) is 5.92 Å². The molecule has 0 spiro atoms. The summed E-state index contributed by atoms with van der Waals surface area (Å²) in [4.78, 5) is 10.9. The zero-order chi connectivity index (χ0) is 11.5. The number of carboxylic acid groups (broad SMARTS) is 1. The zero-order valence-electron chi connectivity index (χ0n) is 9.65. The van der Waals surface area contributed by atoms with Crippen LogP contribution < -0.4 is 0 Å². The van der Waals surface area contributed by atoms with E-state index >= 15 is 0 Å². The van der Waals surface area contributed by atoms with Gasteiger partial charge in [-0.15, -0.1) is 0 Å². The highest BCUT2D eigenvalue weighted by Gasteiger charge is 2.33. The van der Waals surface area contributed by atoms with E-state index in [0.29, 0.717) is 5.92 Å². The predicted octanol–water partition coefficient (Wildman–Crippen LogP) is 3.22. The van der Waals surface area contributed by atoms with E-state index < -0.39 is 5.97 Å². The van der Waals surface area contributed by atoms with Crippen molar-refractivity contribution in [2.75, 3.05) is 0 Å². The molecule has 1 atom stereocenters. The van der Waals surface area contributed by atoms with Crippen molar-refractivity contribution in [3.63, 3.8) is 0 Å². The molecule has 86 valence electrons. The van der Waals surface area contributed by atoms with Gasteiger partial charge in [0, 0.05) is 0 Å². The van der Waals surface area contributed by atoms with Crippen LogP contribution in [0.1, 0.15) is 43.2 Å². The van der Waals surface area contributed by atoms with Crippen LogP contribution in [-0.4, -0.2) is 11.1 Å². The summed E-state index contributed by atoms with van der Waals surface area (Å²) in [5.41, 5.74) is 2.51. The highest BCUT2D eigenvalue weighted by Crippen LogP contribution is 2.44. The Balaban J connectivity index is 2.20. The minimum atomic E-state index is -0.682. The number of aliphatic carboxylic acids is 1. The molecule has 0 amide bonds. The first-order chi connectivity index (χ1) is 7.70. The highest BCUT2D eigenvalue weighted by atomic mass is 16.4. The molecule has 1 aliphatic carbocycles. The van der Waals surface area contributed by atoms with Crippen molar-refractivity contribution >= 4 is 5.97 Å². The molecule has 1 saturated carbocycles. The van der Waals surface area contributed by atoms with E-state index in [2.05, 4.69) is 25.1 Å². The second-order valence-corrected chi connectivity index (χ2v) is 4.64. The molecule has 2 nitrogen and oxygen atoms in total. The van der Waals surface area contributed by atoms with Gasteiger partial charge in [-0.25, -0.2) is 0 Å². The Morgan fingerprint density at radius 3 is 2.81 bits per heavy atom. The normalized spacial score (nSPS) is 17.1. The van der Waals surface area contributed by atoms with Gasteiger partial charge in [0.1, 0.15) is 0 Å². The molecule has 0 aromatic heterocycles. The fraction of sp³-hybridized carbons (Fsp3) is 0.500. The quantitative estimate of drug-likeness (QED) is 0.824. The van der Waals surface area contributed by atoms with Gasteiger partial charge in [0.25, 0.3) is 0 Å². The van der Waals surface area contributed by atoms with Gasteiger partial charge >= 0.3 is 5.97 Å². The first-order valence-electron chi connectivity index (χ1n) is 6.01. The summed E-state index contributed by atoms with van der Waals surface area (Å²) >= 11 is 0. The lowest BCUT2D eigenvalue weighted by molar-refractivity contribution is -0.137. The fourth-order valence-corrected chi connectivity index (χ4v) is 2.29. The predicted molar refractivity (Wildman–Crippen MR) is 63.5 cm³/mol. The van der Waals surface area contributed by atoms with Crippen molar-refractivity contribution in [2.45, 2.75) is 38.5 Å². The fourth-order valence-electron chi connectivity index (χ4n) is 2.29. The molecule has 1 N–H and O–H groups in total. The van der Waals surface area contributed by atoms with Crippen LogP contribution in [0.4, 0.5) is 0 Å². The average Bonchev–Trinajstić information content (AvgIpc) is 3.09. The molecule has 1 aromatic rings. The summed E-state index contributed by atoms with van der Waals surface area (Å²) < 4.78 is 0. The second-order valence-electron chi connectivity index (χ2n) is 4.64. The Morgan fingerprint density at radius 1 is 1.50 bits per heavy atom. The summed E-state index contributed by atoms with van der Waals surface area (Å²) in [5.74, 6) is 0.144. The Kier molecular flexibility index (Phi) is 3.28. The Morgan fingerprint density at radius 2 is 2.25 bits per heavy atom. The zero-order valence-corrected chi connectivity index (χ0v) is 9.65. The molecule has 1 fully saturated rings. The minimum absolute atomic E-state index is 0.226. The van der Waals surface area contributed by atoms with E-state index in [4.69, 9.17) is 5.11 Å². The molecular weight excluding hydrogens is 200 g/mol. The molecule has 1 aromatic carbocycles. The lowest BCUT2D eigenvalue weighted by Crippen LogP contribution is -2.08. The maximum absolute atomic E-state index is 10.9. The Bertz CT molecular complexity index is 380. The Hall–Kier alpha value is -1.31. The maximum Gasteiger partial charge on any atom is 0.303 e. The topological polar surface area (TPSA) is 37.3 Å². The van der Waals surface area contributed by atoms with Crippen molar-refractivity contribution in [3.8, 4) is 0 Å². The van der Waals surface area contributed by atoms with Crippen LogP contribution in [0.5, 0.6) is 0 Å². The third-order valence-electron chi connectivity index (χ3n) is 3.37. The van der Waals surface area contributed by atoms with E-state index in [1.165, 1.54) is 24.0 Å². The standard InChI is InChI=1S/C14H18O2/c1-2-10-4-3-5-12(8-10)13(9-14(15)16)11-6-7-11/h3-5,8,11,13H,2,6-7,9H2,1H3,(H,15,16). The third kappa shape index (κ3) is 2.63. The highest BCUT2D eigenvalue weighted by molar-refractivity contribution is 5.68. The Labute approximate surface area is 96.3 Å². The molecule has 2 rings (SSSR count). The number of hydrogen-bond acceptors (Lipinski definition) is 1. The number of hydrogen-bond donors (Lipinski definition) is 1. The molecule has 0 radical (unpaired) electrons. The van der Waals surface area contributed by atoms with Crippen LogP contribution in [0.25, 0.3) is 0 Å². The summed E-state index contributed by atoms with van der Waals surface area (Å²) in [5, 5.41) is 8.95. The van der Waals surface area contributed by atoms with Crippen LogP contribution >= 0.6 is 0 Å². The maximum atomic E-state index is 10.9. The molecule has 2 heteroatoms. The van der Waals surface area contributed by atoms with Crippen LogP contribution in [0.2, 0.25) is 0 Å². The van der Waals surface area contributed by atoms with Gasteiger partial charge in [-0.05, 0) is 42.2 Å². The number of benzene rings is 1. The van der Waals surface area contributed by atoms with Crippen molar-refractivity contribution in [2.24, 2.45) is 5.92 Å². The molecule has 1 unspecified atom stereocenters. The molecule has 1 aliphatic rings. The van der Waals surface area contributed by atoms with Crippen LogP contribution in [-0.2, 0) is 11.2 Å². The smallest absolute Gasteiger partial charge is 0.303 e. The largest absolute Gasteiger partial charge is 0.481 e. The lowest BCUT2D eigenvalue weighted by atomic mass is 9.90. The molecule has 16 heavy (non-hydrogen) atoms. The van der Waals surface area contributed by atoms with Gasteiger partial charge in [-0.1, -0.05) is 31.2 Å². The first kappa shape index (κ1) is 11.2. The minimum Gasteiger partial charge on any atom is -0.481 e. The van der Waals surface area contributed by atoms with Gasteiger partial charge < -0.3 is 5.11 Å². The van der Waals surface area contributed by atoms with Crippen molar-refractivity contribution in [3.05, 3.63) is 35.4 Å². The van der Waals surface area contributed by atoms with E-state index in [1.54, 1.807) is 0 Å². The third-order valence-corrected chi connectivity index (χ3v) is 3.37. The number of aryl methyl sites for hydroxylation is 1. The van der Waals surface area contributed by atoms with Crippen LogP contribution in [0.15, 0.2) is 24.3 Å². The summed E-state index contributed by atoms with van der Waals surface area (Å²) in [7, 11) is 0.